The van der Waals surface area contributed by atoms with Crippen LogP contribution in [-0.4, -0.2) is 44.6 Å². The molecule has 0 amide bonds. The average Bonchev–Trinajstić information content (AvgIpc) is 3.23. The molecule has 3 aliphatic carbocycles. The largest absolute Gasteiger partial charge is 0.481 e. The number of carboxylic acids is 1. The van der Waals surface area contributed by atoms with Gasteiger partial charge in [0.25, 0.3) is 0 Å². The van der Waals surface area contributed by atoms with E-state index in [-0.39, 0.29) is 23.8 Å². The van der Waals surface area contributed by atoms with Gasteiger partial charge >= 0.3 is 12.1 Å². The first-order valence-electron chi connectivity index (χ1n) is 12.4. The molecule has 0 bridgehead atoms. The van der Waals surface area contributed by atoms with E-state index in [1.807, 2.05) is 35.9 Å². The van der Waals surface area contributed by atoms with Crippen LogP contribution in [0, 0.1) is 17.8 Å². The number of alkyl halides is 4. The maximum absolute atomic E-state index is 13.0. The minimum Gasteiger partial charge on any atom is -0.481 e. The first-order chi connectivity index (χ1) is 17.1. The summed E-state index contributed by atoms with van der Waals surface area (Å²) in [6, 6.07) is 1.75. The van der Waals surface area contributed by atoms with Crippen LogP contribution < -0.4 is 15.9 Å². The number of fused-ring (bicyclic) bond motifs is 1. The number of carboxylic acid groups (broad SMARTS) is 1. The summed E-state index contributed by atoms with van der Waals surface area (Å²) in [7, 11) is 0. The van der Waals surface area contributed by atoms with Crippen molar-refractivity contribution >= 4 is 29.2 Å². The Balaban J connectivity index is 1.56. The van der Waals surface area contributed by atoms with Crippen molar-refractivity contribution in [1.29, 1.82) is 0 Å². The van der Waals surface area contributed by atoms with Crippen molar-refractivity contribution in [2.24, 2.45) is 17.8 Å². The minimum absolute atomic E-state index is 0.0247. The molecule has 0 spiro atoms. The fraction of sp³-hybridized carbons (Fsp3) is 0.519. The van der Waals surface area contributed by atoms with Gasteiger partial charge in [-0.2, -0.15) is 13.2 Å². The summed E-state index contributed by atoms with van der Waals surface area (Å²) in [5.41, 5.74) is 1.68. The van der Waals surface area contributed by atoms with Gasteiger partial charge in [0.15, 0.2) is 0 Å². The quantitative estimate of drug-likeness (QED) is 0.274. The predicted molar refractivity (Wildman–Crippen MR) is 133 cm³/mol. The molecule has 3 aliphatic rings. The Kier molecular flexibility index (Phi) is 8.17. The van der Waals surface area contributed by atoms with Crippen LogP contribution in [0.3, 0.4) is 0 Å². The highest BCUT2D eigenvalue weighted by Crippen LogP contribution is 2.35. The number of rotatable bonds is 8. The van der Waals surface area contributed by atoms with Crippen molar-refractivity contribution in [3.8, 4) is 0 Å². The van der Waals surface area contributed by atoms with Gasteiger partial charge in [-0.3, -0.25) is 10.1 Å². The Morgan fingerprint density at radius 2 is 2.06 bits per heavy atom. The third kappa shape index (κ3) is 5.98. The highest BCUT2D eigenvalue weighted by atomic mass is 35.5. The number of aromatic nitrogens is 1. The van der Waals surface area contributed by atoms with Crippen LogP contribution in [0.25, 0.3) is 11.6 Å². The standard InChI is InChI=1S/C27H32ClF3N2O3/c1-2-23(17-5-7-18(8-6-17)26(35)36)32-25(34)22-14-21(28)13-19-11-12-33(24(19)22)15-16-3-9-20(10-4-16)27(29,30)31/h3,5-7,9,11-13,16,18,20-21,23,25,32,34H,2,4,8,10,14-15H2,1H3,(H,35,36). The second kappa shape index (κ2) is 11.0. The zero-order valence-corrected chi connectivity index (χ0v) is 20.8. The number of hydrogen-bond donors (Lipinski definition) is 3. The second-order valence-electron chi connectivity index (χ2n) is 9.83. The molecule has 0 fully saturated rings. The van der Waals surface area contributed by atoms with Crippen LogP contribution in [-0.2, 0) is 11.3 Å². The fourth-order valence-corrected chi connectivity index (χ4v) is 5.62. The average molecular weight is 525 g/mol. The molecule has 0 saturated carbocycles. The van der Waals surface area contributed by atoms with Gasteiger partial charge in [0.05, 0.1) is 22.6 Å². The summed E-state index contributed by atoms with van der Waals surface area (Å²) in [4.78, 5) is 11.2. The summed E-state index contributed by atoms with van der Waals surface area (Å²) in [6.45, 7) is 2.51. The lowest BCUT2D eigenvalue weighted by atomic mass is 9.88. The van der Waals surface area contributed by atoms with Gasteiger partial charge < -0.3 is 14.8 Å². The molecule has 4 rings (SSSR count). The maximum atomic E-state index is 13.0. The van der Waals surface area contributed by atoms with E-state index in [2.05, 4.69) is 5.32 Å². The van der Waals surface area contributed by atoms with Crippen molar-refractivity contribution in [2.75, 3.05) is 0 Å². The highest BCUT2D eigenvalue weighted by molar-refractivity contribution is 6.24. The molecule has 1 aromatic rings. The van der Waals surface area contributed by atoms with Gasteiger partial charge in [0.2, 0.25) is 0 Å². The van der Waals surface area contributed by atoms with E-state index in [0.717, 1.165) is 21.7 Å². The van der Waals surface area contributed by atoms with E-state index < -0.39 is 30.2 Å². The maximum Gasteiger partial charge on any atom is 0.395 e. The SMILES string of the molecule is CCC(NC(O)C1=c2c(ccn2CC2C=CC(C(F)(F)F)CC2)=CC(Cl)C1)C1=CCC(C(=O)O)C=C1. The number of aliphatic hydroxyl groups is 1. The number of allylic oxidation sites excluding steroid dienone is 3. The van der Waals surface area contributed by atoms with Crippen molar-refractivity contribution in [3.05, 3.63) is 58.8 Å². The third-order valence-electron chi connectivity index (χ3n) is 7.34. The lowest BCUT2D eigenvalue weighted by Crippen LogP contribution is -2.47. The van der Waals surface area contributed by atoms with E-state index >= 15 is 0 Å². The summed E-state index contributed by atoms with van der Waals surface area (Å²) in [5, 5.41) is 25.2. The van der Waals surface area contributed by atoms with Gasteiger partial charge in [-0.25, -0.2) is 0 Å². The molecule has 0 saturated heterocycles. The molecule has 6 unspecified atom stereocenters. The second-order valence-corrected chi connectivity index (χ2v) is 10.4. The molecular weight excluding hydrogens is 493 g/mol. The zero-order chi connectivity index (χ0) is 26.0. The van der Waals surface area contributed by atoms with E-state index in [4.69, 9.17) is 11.6 Å². The molecule has 1 heterocycles. The molecule has 0 aliphatic heterocycles. The Hall–Kier alpha value is -2.29. The molecular formula is C27H32ClF3N2O3. The van der Waals surface area contributed by atoms with E-state index in [9.17, 15) is 28.2 Å². The van der Waals surface area contributed by atoms with Crippen LogP contribution in [0.1, 0.15) is 39.0 Å². The van der Waals surface area contributed by atoms with Crippen LogP contribution in [0.4, 0.5) is 13.2 Å². The lowest BCUT2D eigenvalue weighted by Gasteiger charge is -2.28. The van der Waals surface area contributed by atoms with Crippen molar-refractivity contribution in [1.82, 2.24) is 9.88 Å². The van der Waals surface area contributed by atoms with Gasteiger partial charge in [-0.15, -0.1) is 11.6 Å². The first-order valence-corrected chi connectivity index (χ1v) is 12.8. The highest BCUT2D eigenvalue weighted by Gasteiger charge is 2.39. The van der Waals surface area contributed by atoms with E-state index in [1.165, 1.54) is 6.08 Å². The van der Waals surface area contributed by atoms with Crippen molar-refractivity contribution in [3.63, 3.8) is 0 Å². The smallest absolute Gasteiger partial charge is 0.395 e. The Morgan fingerprint density at radius 3 is 2.64 bits per heavy atom. The molecule has 6 atom stereocenters. The Morgan fingerprint density at radius 1 is 1.28 bits per heavy atom. The number of nitrogens with one attached hydrogen (secondary N) is 1. The van der Waals surface area contributed by atoms with Gasteiger partial charge in [-0.05, 0) is 60.5 Å². The van der Waals surface area contributed by atoms with Crippen LogP contribution in [0.15, 0.2) is 48.2 Å². The van der Waals surface area contributed by atoms with Crippen molar-refractivity contribution in [2.45, 2.75) is 69.4 Å². The van der Waals surface area contributed by atoms with Crippen LogP contribution in [0.2, 0.25) is 0 Å². The van der Waals surface area contributed by atoms with Crippen molar-refractivity contribution < 1.29 is 28.2 Å². The van der Waals surface area contributed by atoms with Crippen LogP contribution >= 0.6 is 11.6 Å². The Labute approximate surface area is 213 Å². The molecule has 9 heteroatoms. The molecule has 36 heavy (non-hydrogen) atoms. The van der Waals surface area contributed by atoms with Gasteiger partial charge in [-0.1, -0.05) is 43.4 Å². The van der Waals surface area contributed by atoms with Crippen LogP contribution in [0.5, 0.6) is 0 Å². The summed E-state index contributed by atoms with van der Waals surface area (Å²) in [6.07, 6.45) is 9.03. The van der Waals surface area contributed by atoms with E-state index in [1.54, 1.807) is 18.2 Å². The molecule has 5 nitrogen and oxygen atoms in total. The lowest BCUT2D eigenvalue weighted by molar-refractivity contribution is -0.164. The summed E-state index contributed by atoms with van der Waals surface area (Å²) >= 11 is 6.49. The first kappa shape index (κ1) is 26.8. The monoisotopic (exact) mass is 524 g/mol. The normalized spacial score (nSPS) is 27.7. The summed E-state index contributed by atoms with van der Waals surface area (Å²) in [5.74, 6) is -2.81. The number of aliphatic hydroxyl groups excluding tert-OH is 1. The fourth-order valence-electron chi connectivity index (χ4n) is 5.32. The third-order valence-corrected chi connectivity index (χ3v) is 7.62. The number of nitrogens with zero attached hydrogens (tertiary/aromatic N) is 1. The predicted octanol–water partition coefficient (Wildman–Crippen LogP) is 3.85. The molecule has 3 N–H and O–H groups in total. The number of carbonyl (C=O) groups is 1. The number of aliphatic carboxylic acids is 1. The minimum atomic E-state index is -4.21. The molecule has 1 aromatic heterocycles. The van der Waals surface area contributed by atoms with Gasteiger partial charge in [0, 0.05) is 18.8 Å². The molecule has 196 valence electrons. The topological polar surface area (TPSA) is 74.5 Å². The molecule has 0 radical (unpaired) electrons. The number of hydrogen-bond acceptors (Lipinski definition) is 3. The Bertz CT molecular complexity index is 1180. The zero-order valence-electron chi connectivity index (χ0n) is 20.1. The van der Waals surface area contributed by atoms with Gasteiger partial charge in [0.1, 0.15) is 6.23 Å². The number of halogens is 4. The molecule has 0 aromatic carbocycles. The van der Waals surface area contributed by atoms with E-state index in [0.29, 0.717) is 32.2 Å². The summed E-state index contributed by atoms with van der Waals surface area (Å²) < 4.78 is 41.1.